The molecule has 2 aromatic rings. The number of phenolic OH excluding ortho intramolecular Hbond substituents is 1. The zero-order valence-electron chi connectivity index (χ0n) is 13.0. The predicted molar refractivity (Wildman–Crippen MR) is 85.4 cm³/mol. The van der Waals surface area contributed by atoms with E-state index in [2.05, 4.69) is 15.3 Å². The maximum absolute atomic E-state index is 9.85. The van der Waals surface area contributed by atoms with E-state index < -0.39 is 0 Å². The van der Waals surface area contributed by atoms with Crippen molar-refractivity contribution in [2.75, 3.05) is 12.4 Å². The van der Waals surface area contributed by atoms with Gasteiger partial charge in [-0.2, -0.15) is 0 Å². The smallest absolute Gasteiger partial charge is 0.160 e. The van der Waals surface area contributed by atoms with Gasteiger partial charge in [0.15, 0.2) is 11.5 Å². The van der Waals surface area contributed by atoms with Gasteiger partial charge in [0.25, 0.3) is 0 Å². The van der Waals surface area contributed by atoms with E-state index in [9.17, 15) is 5.11 Å². The molecule has 5 heteroatoms. The summed E-state index contributed by atoms with van der Waals surface area (Å²) < 4.78 is 5.06. The molecule has 1 aliphatic rings. The van der Waals surface area contributed by atoms with Gasteiger partial charge in [-0.05, 0) is 50.3 Å². The number of rotatable bonds is 4. The Labute approximate surface area is 130 Å². The van der Waals surface area contributed by atoms with Crippen molar-refractivity contribution >= 4 is 5.82 Å². The Morgan fingerprint density at radius 2 is 2.05 bits per heavy atom. The van der Waals surface area contributed by atoms with Gasteiger partial charge in [-0.3, -0.25) is 0 Å². The van der Waals surface area contributed by atoms with Crippen LogP contribution in [0.25, 0.3) is 0 Å². The van der Waals surface area contributed by atoms with E-state index in [0.717, 1.165) is 30.0 Å². The average molecular weight is 299 g/mol. The maximum atomic E-state index is 9.85. The van der Waals surface area contributed by atoms with Crippen LogP contribution < -0.4 is 10.1 Å². The van der Waals surface area contributed by atoms with Crippen LogP contribution in [0.3, 0.4) is 0 Å². The molecule has 1 aromatic heterocycles. The van der Waals surface area contributed by atoms with Crippen LogP contribution in [0.4, 0.5) is 5.82 Å². The molecule has 0 unspecified atom stereocenters. The molecular formula is C17H21N3O2. The van der Waals surface area contributed by atoms with E-state index in [0.29, 0.717) is 12.3 Å². The van der Waals surface area contributed by atoms with Gasteiger partial charge >= 0.3 is 0 Å². The molecule has 22 heavy (non-hydrogen) atoms. The normalized spacial score (nSPS) is 13.5. The number of benzene rings is 1. The first-order chi connectivity index (χ1) is 10.7. The minimum atomic E-state index is 0.155. The fraction of sp³-hybridized carbons (Fsp3) is 0.412. The van der Waals surface area contributed by atoms with E-state index >= 15 is 0 Å². The quantitative estimate of drug-likeness (QED) is 0.908. The first-order valence-electron chi connectivity index (χ1n) is 7.63. The van der Waals surface area contributed by atoms with Gasteiger partial charge in [0, 0.05) is 17.8 Å². The lowest BCUT2D eigenvalue weighted by atomic mass is 9.96. The molecular weight excluding hydrogens is 278 g/mol. The molecule has 0 bridgehead atoms. The van der Waals surface area contributed by atoms with Gasteiger partial charge in [-0.1, -0.05) is 6.07 Å². The molecule has 0 aliphatic heterocycles. The van der Waals surface area contributed by atoms with Crippen LogP contribution in [-0.2, 0) is 19.4 Å². The molecule has 1 aromatic carbocycles. The molecule has 0 spiro atoms. The Balaban J connectivity index is 1.79. The number of methoxy groups -OCH3 is 1. The third kappa shape index (κ3) is 2.98. The summed E-state index contributed by atoms with van der Waals surface area (Å²) in [5.74, 6) is 2.37. The first kappa shape index (κ1) is 14.6. The highest BCUT2D eigenvalue weighted by Gasteiger charge is 2.16. The van der Waals surface area contributed by atoms with Crippen molar-refractivity contribution in [1.29, 1.82) is 0 Å². The number of nitrogens with zero attached hydrogens (tertiary/aromatic N) is 2. The minimum Gasteiger partial charge on any atom is -0.504 e. The third-order valence-corrected chi connectivity index (χ3v) is 4.00. The number of nitrogens with one attached hydrogen (secondary N) is 1. The Morgan fingerprint density at radius 3 is 2.82 bits per heavy atom. The van der Waals surface area contributed by atoms with Crippen molar-refractivity contribution in [3.63, 3.8) is 0 Å². The fourth-order valence-corrected chi connectivity index (χ4v) is 2.89. The highest BCUT2D eigenvalue weighted by Crippen LogP contribution is 2.28. The van der Waals surface area contributed by atoms with Crippen molar-refractivity contribution in [1.82, 2.24) is 9.97 Å². The lowest BCUT2D eigenvalue weighted by Gasteiger charge is -2.19. The fourth-order valence-electron chi connectivity index (χ4n) is 2.89. The topological polar surface area (TPSA) is 67.3 Å². The van der Waals surface area contributed by atoms with Gasteiger partial charge in [0.2, 0.25) is 0 Å². The molecule has 0 fully saturated rings. The number of anilines is 1. The number of aromatic hydroxyl groups is 1. The zero-order chi connectivity index (χ0) is 15.5. The highest BCUT2D eigenvalue weighted by atomic mass is 16.5. The van der Waals surface area contributed by atoms with E-state index in [1.54, 1.807) is 19.2 Å². The summed E-state index contributed by atoms with van der Waals surface area (Å²) >= 11 is 0. The molecule has 0 amide bonds. The van der Waals surface area contributed by atoms with Gasteiger partial charge in [-0.25, -0.2) is 9.97 Å². The summed E-state index contributed by atoms with van der Waals surface area (Å²) in [4.78, 5) is 9.11. The second kappa shape index (κ2) is 6.22. The van der Waals surface area contributed by atoms with Crippen LogP contribution in [0.1, 0.15) is 35.5 Å². The number of aromatic nitrogens is 2. The number of aryl methyl sites for hydroxylation is 2. The summed E-state index contributed by atoms with van der Waals surface area (Å²) in [5, 5.41) is 13.2. The predicted octanol–water partition coefficient (Wildman–Crippen LogP) is 2.99. The molecule has 2 N–H and O–H groups in total. The van der Waals surface area contributed by atoms with E-state index in [1.165, 1.54) is 24.1 Å². The molecule has 0 saturated heterocycles. The summed E-state index contributed by atoms with van der Waals surface area (Å²) in [6.45, 7) is 2.54. The second-order valence-corrected chi connectivity index (χ2v) is 5.61. The Kier molecular flexibility index (Phi) is 4.13. The number of fused-ring (bicyclic) bond motifs is 1. The first-order valence-corrected chi connectivity index (χ1v) is 7.63. The summed E-state index contributed by atoms with van der Waals surface area (Å²) in [6.07, 6.45) is 4.47. The average Bonchev–Trinajstić information content (AvgIpc) is 2.52. The van der Waals surface area contributed by atoms with E-state index in [-0.39, 0.29) is 5.75 Å². The van der Waals surface area contributed by atoms with E-state index in [4.69, 9.17) is 4.74 Å². The molecule has 116 valence electrons. The maximum Gasteiger partial charge on any atom is 0.160 e. The van der Waals surface area contributed by atoms with Crippen molar-refractivity contribution in [3.8, 4) is 11.5 Å². The highest BCUT2D eigenvalue weighted by molar-refractivity contribution is 5.49. The lowest BCUT2D eigenvalue weighted by Crippen LogP contribution is -2.13. The van der Waals surface area contributed by atoms with Gasteiger partial charge in [0.05, 0.1) is 7.11 Å². The molecule has 0 radical (unpaired) electrons. The minimum absolute atomic E-state index is 0.155. The van der Waals surface area contributed by atoms with Crippen molar-refractivity contribution in [2.45, 2.75) is 39.2 Å². The van der Waals surface area contributed by atoms with Crippen molar-refractivity contribution < 1.29 is 9.84 Å². The Hall–Kier alpha value is -2.30. The summed E-state index contributed by atoms with van der Waals surface area (Å²) in [7, 11) is 1.54. The molecule has 0 saturated carbocycles. The molecule has 3 rings (SSSR count). The van der Waals surface area contributed by atoms with Crippen LogP contribution in [0, 0.1) is 6.92 Å². The second-order valence-electron chi connectivity index (χ2n) is 5.61. The SMILES string of the molecule is COc1ccc(CNc2nc(C)nc3c2CCCC3)cc1O. The number of hydrogen-bond acceptors (Lipinski definition) is 5. The Bertz CT molecular complexity index is 686. The lowest BCUT2D eigenvalue weighted by molar-refractivity contribution is 0.373. The largest absolute Gasteiger partial charge is 0.504 e. The number of hydrogen-bond donors (Lipinski definition) is 2. The van der Waals surface area contributed by atoms with Gasteiger partial charge in [-0.15, -0.1) is 0 Å². The molecule has 0 atom stereocenters. The van der Waals surface area contributed by atoms with Crippen LogP contribution in [0.15, 0.2) is 18.2 Å². The third-order valence-electron chi connectivity index (χ3n) is 4.00. The number of phenols is 1. The Morgan fingerprint density at radius 1 is 1.23 bits per heavy atom. The monoisotopic (exact) mass is 299 g/mol. The van der Waals surface area contributed by atoms with Crippen molar-refractivity contribution in [3.05, 3.63) is 40.8 Å². The van der Waals surface area contributed by atoms with Crippen molar-refractivity contribution in [2.24, 2.45) is 0 Å². The van der Waals surface area contributed by atoms with Gasteiger partial charge < -0.3 is 15.2 Å². The standard InChI is InChI=1S/C17H21N3O2/c1-11-19-14-6-4-3-5-13(14)17(20-11)18-10-12-7-8-16(22-2)15(21)9-12/h7-9,21H,3-6,10H2,1-2H3,(H,18,19,20). The van der Waals surface area contributed by atoms with Crippen LogP contribution in [0.2, 0.25) is 0 Å². The van der Waals surface area contributed by atoms with Crippen LogP contribution >= 0.6 is 0 Å². The van der Waals surface area contributed by atoms with Crippen LogP contribution in [-0.4, -0.2) is 22.2 Å². The number of ether oxygens (including phenoxy) is 1. The molecule has 1 heterocycles. The molecule has 1 aliphatic carbocycles. The summed E-state index contributed by atoms with van der Waals surface area (Å²) in [5.41, 5.74) is 3.41. The van der Waals surface area contributed by atoms with Crippen LogP contribution in [0.5, 0.6) is 11.5 Å². The molecule has 5 nitrogen and oxygen atoms in total. The van der Waals surface area contributed by atoms with E-state index in [1.807, 2.05) is 13.0 Å². The summed E-state index contributed by atoms with van der Waals surface area (Å²) in [6, 6.07) is 5.42. The van der Waals surface area contributed by atoms with Gasteiger partial charge in [0.1, 0.15) is 11.6 Å². The zero-order valence-corrected chi connectivity index (χ0v) is 13.0.